The molecule has 1 aliphatic rings. The van der Waals surface area contributed by atoms with Crippen LogP contribution in [0.15, 0.2) is 18.5 Å². The smallest absolute Gasteiger partial charge is 0.226 e. The van der Waals surface area contributed by atoms with Crippen LogP contribution in [0.1, 0.15) is 19.8 Å². The lowest BCUT2D eigenvalue weighted by atomic mass is 10.1. The third-order valence-corrected chi connectivity index (χ3v) is 2.38. The second kappa shape index (κ2) is 3.65. The van der Waals surface area contributed by atoms with E-state index in [2.05, 4.69) is 22.5 Å². The van der Waals surface area contributed by atoms with Gasteiger partial charge in [-0.3, -0.25) is 9.78 Å². The number of hydrogen-bond acceptors (Lipinski definition) is 3. The van der Waals surface area contributed by atoms with Crippen molar-refractivity contribution in [2.24, 2.45) is 0 Å². The molecule has 1 aliphatic heterocycles. The van der Waals surface area contributed by atoms with Crippen LogP contribution >= 0.6 is 0 Å². The van der Waals surface area contributed by atoms with E-state index in [4.69, 9.17) is 0 Å². The van der Waals surface area contributed by atoms with Gasteiger partial charge in [-0.25, -0.2) is 0 Å². The number of carbonyl (C=O) groups excluding carboxylic acids is 1. The van der Waals surface area contributed by atoms with E-state index in [9.17, 15) is 4.79 Å². The van der Waals surface area contributed by atoms with Gasteiger partial charge in [-0.15, -0.1) is 0 Å². The van der Waals surface area contributed by atoms with Gasteiger partial charge in [0.1, 0.15) is 0 Å². The zero-order valence-corrected chi connectivity index (χ0v) is 8.08. The normalized spacial score (nSPS) is 20.4. The number of rotatable bonds is 1. The Morgan fingerprint density at radius 3 is 3.21 bits per heavy atom. The number of amides is 1. The SMILES string of the molecule is CCC1CC(=O)Nc2ccncc2N1. The summed E-state index contributed by atoms with van der Waals surface area (Å²) >= 11 is 0. The van der Waals surface area contributed by atoms with E-state index >= 15 is 0 Å². The Bertz CT molecular complexity index is 351. The van der Waals surface area contributed by atoms with E-state index in [1.165, 1.54) is 0 Å². The highest BCUT2D eigenvalue weighted by Gasteiger charge is 2.18. The van der Waals surface area contributed by atoms with Gasteiger partial charge in [-0.2, -0.15) is 0 Å². The van der Waals surface area contributed by atoms with E-state index in [0.29, 0.717) is 6.42 Å². The summed E-state index contributed by atoms with van der Waals surface area (Å²) in [6.07, 6.45) is 4.86. The van der Waals surface area contributed by atoms with E-state index in [-0.39, 0.29) is 11.9 Å². The minimum atomic E-state index is 0.0642. The van der Waals surface area contributed by atoms with E-state index in [0.717, 1.165) is 17.8 Å². The molecule has 0 radical (unpaired) electrons. The maximum atomic E-state index is 11.4. The van der Waals surface area contributed by atoms with Crippen LogP contribution in [0.5, 0.6) is 0 Å². The van der Waals surface area contributed by atoms with Gasteiger partial charge >= 0.3 is 0 Å². The van der Waals surface area contributed by atoms with Crippen molar-refractivity contribution in [2.45, 2.75) is 25.8 Å². The summed E-state index contributed by atoms with van der Waals surface area (Å²) in [5.74, 6) is 0.0642. The molecule has 1 aromatic heterocycles. The number of aromatic nitrogens is 1. The maximum absolute atomic E-state index is 11.4. The van der Waals surface area contributed by atoms with Gasteiger partial charge in [-0.1, -0.05) is 6.92 Å². The number of carbonyl (C=O) groups is 1. The molecule has 74 valence electrons. The molecule has 1 aromatic rings. The van der Waals surface area contributed by atoms with Crippen molar-refractivity contribution >= 4 is 17.3 Å². The molecule has 1 atom stereocenters. The fourth-order valence-electron chi connectivity index (χ4n) is 1.56. The maximum Gasteiger partial charge on any atom is 0.226 e. The second-order valence-electron chi connectivity index (χ2n) is 3.42. The first-order chi connectivity index (χ1) is 6.79. The lowest BCUT2D eigenvalue weighted by molar-refractivity contribution is -0.116. The van der Waals surface area contributed by atoms with E-state index in [1.807, 2.05) is 0 Å². The monoisotopic (exact) mass is 191 g/mol. The largest absolute Gasteiger partial charge is 0.379 e. The quantitative estimate of drug-likeness (QED) is 0.709. The molecule has 1 unspecified atom stereocenters. The minimum absolute atomic E-state index is 0.0642. The van der Waals surface area contributed by atoms with Crippen LogP contribution < -0.4 is 10.6 Å². The summed E-state index contributed by atoms with van der Waals surface area (Å²) in [6, 6.07) is 2.01. The first-order valence-corrected chi connectivity index (χ1v) is 4.80. The second-order valence-corrected chi connectivity index (χ2v) is 3.42. The summed E-state index contributed by atoms with van der Waals surface area (Å²) in [7, 11) is 0. The third-order valence-electron chi connectivity index (χ3n) is 2.38. The van der Waals surface area contributed by atoms with Gasteiger partial charge < -0.3 is 10.6 Å². The van der Waals surface area contributed by atoms with Gasteiger partial charge in [0.05, 0.1) is 17.6 Å². The molecule has 2 N–H and O–H groups in total. The van der Waals surface area contributed by atoms with Crippen molar-refractivity contribution in [1.29, 1.82) is 0 Å². The zero-order chi connectivity index (χ0) is 9.97. The van der Waals surface area contributed by atoms with Crippen LogP contribution in [0.4, 0.5) is 11.4 Å². The predicted octanol–water partition coefficient (Wildman–Crippen LogP) is 1.61. The highest BCUT2D eigenvalue weighted by molar-refractivity contribution is 5.96. The lowest BCUT2D eigenvalue weighted by Crippen LogP contribution is -2.21. The number of nitrogens with one attached hydrogen (secondary N) is 2. The van der Waals surface area contributed by atoms with Gasteiger partial charge in [-0.05, 0) is 12.5 Å². The molecular weight excluding hydrogens is 178 g/mol. The number of fused-ring (bicyclic) bond motifs is 1. The Hall–Kier alpha value is -1.58. The minimum Gasteiger partial charge on any atom is -0.379 e. The molecule has 0 saturated heterocycles. The Labute approximate surface area is 82.7 Å². The van der Waals surface area contributed by atoms with Crippen LogP contribution in [0, 0.1) is 0 Å². The highest BCUT2D eigenvalue weighted by Crippen LogP contribution is 2.24. The standard InChI is InChI=1S/C10H13N3O/c1-2-7-5-10(14)13-8-3-4-11-6-9(8)12-7/h3-4,6-7,12H,2,5H2,1H3,(H,13,14). The zero-order valence-electron chi connectivity index (χ0n) is 8.08. The van der Waals surface area contributed by atoms with Crippen molar-refractivity contribution in [2.75, 3.05) is 10.6 Å². The summed E-state index contributed by atoms with van der Waals surface area (Å²) < 4.78 is 0. The fraction of sp³-hybridized carbons (Fsp3) is 0.400. The van der Waals surface area contributed by atoms with Crippen molar-refractivity contribution in [3.63, 3.8) is 0 Å². The molecule has 0 aromatic carbocycles. The third kappa shape index (κ3) is 1.69. The van der Waals surface area contributed by atoms with Crippen LogP contribution in [0.2, 0.25) is 0 Å². The molecule has 1 amide bonds. The Morgan fingerprint density at radius 2 is 2.43 bits per heavy atom. The van der Waals surface area contributed by atoms with Crippen molar-refractivity contribution < 1.29 is 4.79 Å². The predicted molar refractivity (Wildman–Crippen MR) is 55.2 cm³/mol. The Morgan fingerprint density at radius 1 is 1.57 bits per heavy atom. The van der Waals surface area contributed by atoms with Crippen LogP contribution in [0.25, 0.3) is 0 Å². The summed E-state index contributed by atoms with van der Waals surface area (Å²) in [6.45, 7) is 2.06. The molecule has 14 heavy (non-hydrogen) atoms. The average molecular weight is 191 g/mol. The van der Waals surface area contributed by atoms with E-state index < -0.39 is 0 Å². The summed E-state index contributed by atoms with van der Waals surface area (Å²) in [5.41, 5.74) is 1.73. The van der Waals surface area contributed by atoms with Crippen LogP contribution in [-0.2, 0) is 4.79 Å². The average Bonchev–Trinajstić information content (AvgIpc) is 2.35. The number of nitrogens with zero attached hydrogens (tertiary/aromatic N) is 1. The Balaban J connectivity index is 2.32. The number of pyridine rings is 1. The summed E-state index contributed by atoms with van der Waals surface area (Å²) in [5, 5.41) is 6.14. The molecule has 0 bridgehead atoms. The first kappa shape index (κ1) is 8.99. The first-order valence-electron chi connectivity index (χ1n) is 4.80. The molecule has 0 fully saturated rings. The van der Waals surface area contributed by atoms with Crippen LogP contribution in [-0.4, -0.2) is 16.9 Å². The molecular formula is C10H13N3O. The van der Waals surface area contributed by atoms with Crippen LogP contribution in [0.3, 0.4) is 0 Å². The molecule has 2 rings (SSSR count). The topological polar surface area (TPSA) is 54.0 Å². The van der Waals surface area contributed by atoms with Crippen molar-refractivity contribution in [3.05, 3.63) is 18.5 Å². The number of anilines is 2. The van der Waals surface area contributed by atoms with Gasteiger partial charge in [0.15, 0.2) is 0 Å². The Kier molecular flexibility index (Phi) is 2.35. The van der Waals surface area contributed by atoms with E-state index in [1.54, 1.807) is 18.5 Å². The lowest BCUT2D eigenvalue weighted by Gasteiger charge is -2.13. The molecule has 4 heteroatoms. The van der Waals surface area contributed by atoms with Gasteiger partial charge in [0, 0.05) is 18.7 Å². The van der Waals surface area contributed by atoms with Crippen molar-refractivity contribution in [1.82, 2.24) is 4.98 Å². The van der Waals surface area contributed by atoms with Gasteiger partial charge in [0.2, 0.25) is 5.91 Å². The molecule has 0 saturated carbocycles. The summed E-state index contributed by atoms with van der Waals surface area (Å²) in [4.78, 5) is 15.5. The highest BCUT2D eigenvalue weighted by atomic mass is 16.1. The molecule has 0 spiro atoms. The molecule has 2 heterocycles. The fourth-order valence-corrected chi connectivity index (χ4v) is 1.56. The van der Waals surface area contributed by atoms with Crippen molar-refractivity contribution in [3.8, 4) is 0 Å². The molecule has 0 aliphatic carbocycles. The molecule has 4 nitrogen and oxygen atoms in total. The van der Waals surface area contributed by atoms with Gasteiger partial charge in [0.25, 0.3) is 0 Å². The number of hydrogen-bond donors (Lipinski definition) is 2.